The van der Waals surface area contributed by atoms with E-state index in [1.165, 1.54) is 4.68 Å². The third-order valence-corrected chi connectivity index (χ3v) is 2.97. The van der Waals surface area contributed by atoms with E-state index in [9.17, 15) is 4.79 Å². The molecule has 88 valence electrons. The molecule has 2 aromatic heterocycles. The molecule has 0 saturated carbocycles. The topological polar surface area (TPSA) is 60.7 Å². The van der Waals surface area contributed by atoms with Crippen molar-refractivity contribution in [3.8, 4) is 0 Å². The van der Waals surface area contributed by atoms with Crippen molar-refractivity contribution >= 4 is 21.7 Å². The van der Waals surface area contributed by atoms with E-state index in [1.807, 2.05) is 12.1 Å². The van der Waals surface area contributed by atoms with E-state index in [4.69, 9.17) is 0 Å². The molecule has 2 heterocycles. The van der Waals surface area contributed by atoms with Crippen molar-refractivity contribution in [2.45, 2.75) is 12.8 Å². The average molecular weight is 295 g/mol. The number of nitrogens with zero attached hydrogens (tertiary/aromatic N) is 4. The Balaban J connectivity index is 2.04. The fraction of sp³-hybridized carbons (Fsp3) is 0.273. The molecule has 0 spiro atoms. The Morgan fingerprint density at radius 2 is 2.12 bits per heavy atom. The van der Waals surface area contributed by atoms with Gasteiger partial charge >= 0.3 is 0 Å². The zero-order valence-electron chi connectivity index (χ0n) is 9.30. The van der Waals surface area contributed by atoms with Crippen LogP contribution in [0.4, 0.5) is 0 Å². The van der Waals surface area contributed by atoms with E-state index in [1.54, 1.807) is 19.4 Å². The lowest BCUT2D eigenvalue weighted by Gasteiger charge is -2.01. The zero-order valence-corrected chi connectivity index (χ0v) is 10.9. The number of hydrogen-bond acceptors (Lipinski definition) is 4. The van der Waals surface area contributed by atoms with Crippen molar-refractivity contribution in [3.05, 3.63) is 40.4 Å². The van der Waals surface area contributed by atoms with Gasteiger partial charge in [-0.2, -0.15) is 0 Å². The minimum absolute atomic E-state index is 0.0289. The van der Waals surface area contributed by atoms with Gasteiger partial charge < -0.3 is 0 Å². The predicted molar refractivity (Wildman–Crippen MR) is 65.6 cm³/mol. The van der Waals surface area contributed by atoms with Crippen molar-refractivity contribution < 1.29 is 4.79 Å². The van der Waals surface area contributed by atoms with Gasteiger partial charge in [-0.05, 0) is 40.0 Å². The van der Waals surface area contributed by atoms with Gasteiger partial charge in [-0.25, -0.2) is 4.68 Å². The van der Waals surface area contributed by atoms with Gasteiger partial charge in [0.2, 0.25) is 0 Å². The largest absolute Gasteiger partial charge is 0.292 e. The lowest BCUT2D eigenvalue weighted by atomic mass is 10.1. The van der Waals surface area contributed by atoms with E-state index < -0.39 is 0 Å². The van der Waals surface area contributed by atoms with Crippen molar-refractivity contribution in [1.82, 2.24) is 20.0 Å². The highest BCUT2D eigenvalue weighted by Crippen LogP contribution is 2.15. The minimum atomic E-state index is 0.0289. The van der Waals surface area contributed by atoms with Crippen molar-refractivity contribution in [2.75, 3.05) is 0 Å². The standard InChI is InChI=1S/C11H11BrN4O/c1-16-10(11(12)14-15-16)9(17)3-2-8-4-6-13-7-5-8/h4-7H,2-3H2,1H3. The number of carbonyl (C=O) groups excluding carboxylic acids is 1. The van der Waals surface area contributed by atoms with Crippen LogP contribution in [0, 0.1) is 0 Å². The highest BCUT2D eigenvalue weighted by molar-refractivity contribution is 9.10. The summed E-state index contributed by atoms with van der Waals surface area (Å²) in [5.74, 6) is 0.0289. The maximum atomic E-state index is 12.0. The second kappa shape index (κ2) is 5.18. The molecule has 6 heteroatoms. The number of pyridine rings is 1. The number of ketones is 1. The number of aromatic nitrogens is 4. The third-order valence-electron chi connectivity index (χ3n) is 2.44. The summed E-state index contributed by atoms with van der Waals surface area (Å²) in [6, 6.07) is 3.81. The zero-order chi connectivity index (χ0) is 12.3. The molecular weight excluding hydrogens is 284 g/mol. The summed E-state index contributed by atoms with van der Waals surface area (Å²) in [5, 5.41) is 7.57. The van der Waals surface area contributed by atoms with Crippen molar-refractivity contribution in [1.29, 1.82) is 0 Å². The molecule has 0 bridgehead atoms. The second-order valence-corrected chi connectivity index (χ2v) is 4.38. The van der Waals surface area contributed by atoms with Gasteiger partial charge in [-0.1, -0.05) is 5.21 Å². The van der Waals surface area contributed by atoms with E-state index in [2.05, 4.69) is 31.2 Å². The highest BCUT2D eigenvalue weighted by Gasteiger charge is 2.16. The first-order chi connectivity index (χ1) is 8.18. The molecule has 0 aliphatic heterocycles. The molecule has 17 heavy (non-hydrogen) atoms. The number of rotatable bonds is 4. The molecule has 5 nitrogen and oxygen atoms in total. The lowest BCUT2D eigenvalue weighted by Crippen LogP contribution is -2.08. The first-order valence-corrected chi connectivity index (χ1v) is 5.95. The first kappa shape index (κ1) is 11.9. The fourth-order valence-electron chi connectivity index (χ4n) is 1.55. The molecule has 0 radical (unpaired) electrons. The smallest absolute Gasteiger partial charge is 0.184 e. The molecule has 2 rings (SSSR count). The monoisotopic (exact) mass is 294 g/mol. The Morgan fingerprint density at radius 1 is 1.41 bits per heavy atom. The van der Waals surface area contributed by atoms with Crippen molar-refractivity contribution in [3.63, 3.8) is 0 Å². The van der Waals surface area contributed by atoms with Gasteiger partial charge in [-0.15, -0.1) is 5.10 Å². The molecule has 0 saturated heterocycles. The van der Waals surface area contributed by atoms with E-state index in [0.717, 1.165) is 5.56 Å². The van der Waals surface area contributed by atoms with Crippen LogP contribution < -0.4 is 0 Å². The maximum Gasteiger partial charge on any atom is 0.184 e. The summed E-state index contributed by atoms with van der Waals surface area (Å²) >= 11 is 3.22. The summed E-state index contributed by atoms with van der Waals surface area (Å²) < 4.78 is 1.98. The van der Waals surface area contributed by atoms with Crippen LogP contribution in [-0.2, 0) is 13.5 Å². The Hall–Kier alpha value is -1.56. The molecule has 0 aromatic carbocycles. The van der Waals surface area contributed by atoms with Gasteiger partial charge in [0.15, 0.2) is 10.4 Å². The normalized spacial score (nSPS) is 10.5. The maximum absolute atomic E-state index is 12.0. The third kappa shape index (κ3) is 2.76. The van der Waals surface area contributed by atoms with Crippen LogP contribution in [0.25, 0.3) is 0 Å². The Kier molecular flexibility index (Phi) is 3.63. The van der Waals surface area contributed by atoms with Crippen LogP contribution in [0.5, 0.6) is 0 Å². The number of halogens is 1. The Morgan fingerprint density at radius 3 is 2.71 bits per heavy atom. The van der Waals surface area contributed by atoms with Crippen LogP contribution in [0.3, 0.4) is 0 Å². The minimum Gasteiger partial charge on any atom is -0.292 e. The number of hydrogen-bond donors (Lipinski definition) is 0. The van der Waals surface area contributed by atoms with Gasteiger partial charge in [0, 0.05) is 25.9 Å². The summed E-state index contributed by atoms with van der Waals surface area (Å²) in [6.45, 7) is 0. The van der Waals surface area contributed by atoms with Crippen molar-refractivity contribution in [2.24, 2.45) is 7.05 Å². The van der Waals surface area contributed by atoms with Gasteiger partial charge in [0.05, 0.1) is 0 Å². The van der Waals surface area contributed by atoms with Gasteiger partial charge in [0.1, 0.15) is 5.69 Å². The molecule has 0 fully saturated rings. The molecular formula is C11H11BrN4O. The van der Waals surface area contributed by atoms with Crippen LogP contribution in [-0.4, -0.2) is 25.8 Å². The van der Waals surface area contributed by atoms with E-state index in [0.29, 0.717) is 23.1 Å². The van der Waals surface area contributed by atoms with Crippen LogP contribution in [0.1, 0.15) is 22.5 Å². The molecule has 0 amide bonds. The van der Waals surface area contributed by atoms with Crippen LogP contribution in [0.2, 0.25) is 0 Å². The van der Waals surface area contributed by atoms with Gasteiger partial charge in [-0.3, -0.25) is 9.78 Å². The number of aryl methyl sites for hydroxylation is 2. The average Bonchev–Trinajstić information content (AvgIpc) is 2.67. The van der Waals surface area contributed by atoms with E-state index in [-0.39, 0.29) is 5.78 Å². The molecule has 0 aliphatic rings. The van der Waals surface area contributed by atoms with E-state index >= 15 is 0 Å². The molecule has 0 N–H and O–H groups in total. The summed E-state index contributed by atoms with van der Waals surface area (Å²) in [4.78, 5) is 15.9. The van der Waals surface area contributed by atoms with Crippen LogP contribution >= 0.6 is 15.9 Å². The molecule has 0 unspecified atom stereocenters. The number of Topliss-reactive ketones (excluding diaryl/α,β-unsaturated/α-hetero) is 1. The second-order valence-electron chi connectivity index (χ2n) is 3.63. The molecule has 2 aromatic rings. The quantitative estimate of drug-likeness (QED) is 0.807. The summed E-state index contributed by atoms with van der Waals surface area (Å²) in [5.41, 5.74) is 1.61. The Bertz CT molecular complexity index is 504. The first-order valence-electron chi connectivity index (χ1n) is 5.16. The molecule has 0 aliphatic carbocycles. The Labute approximate surface area is 107 Å². The SMILES string of the molecule is Cn1nnc(Br)c1C(=O)CCc1ccncc1. The summed E-state index contributed by atoms with van der Waals surface area (Å²) in [6.07, 6.45) is 4.57. The fourth-order valence-corrected chi connectivity index (χ4v) is 2.10. The molecule has 0 atom stereocenters. The summed E-state index contributed by atoms with van der Waals surface area (Å²) in [7, 11) is 1.71. The highest BCUT2D eigenvalue weighted by atomic mass is 79.9. The lowest BCUT2D eigenvalue weighted by molar-refractivity contribution is 0.0973. The number of carbonyl (C=O) groups is 1. The van der Waals surface area contributed by atoms with Gasteiger partial charge in [0.25, 0.3) is 0 Å². The van der Waals surface area contributed by atoms with Crippen LogP contribution in [0.15, 0.2) is 29.1 Å². The predicted octanol–water partition coefficient (Wildman–Crippen LogP) is 1.79.